The SMILES string of the molecule is C=CCOC(=O)N[C@@H](Cc1ccc(C(=N)N)cc1)C(=O)N[C@@H](CCC(=O)O)C(=O)N[C@@H](CC(=N)N)C(=O)N[C@@H](CC1CCCCC1)C(=O)O. The van der Waals surface area contributed by atoms with Crippen molar-refractivity contribution in [2.45, 2.75) is 88.4 Å². The molecule has 17 heteroatoms. The van der Waals surface area contributed by atoms with Crippen molar-refractivity contribution in [2.75, 3.05) is 6.61 Å². The number of nitrogen functional groups attached to an aromatic ring is 1. The van der Waals surface area contributed by atoms with Crippen molar-refractivity contribution in [1.82, 2.24) is 21.3 Å². The Labute approximate surface area is 283 Å². The lowest BCUT2D eigenvalue weighted by Crippen LogP contribution is -2.58. The average molecular weight is 687 g/mol. The van der Waals surface area contributed by atoms with E-state index in [1.165, 1.54) is 18.2 Å². The number of carbonyl (C=O) groups excluding carboxylic acids is 4. The molecule has 1 aliphatic carbocycles. The molecule has 268 valence electrons. The second-order valence-electron chi connectivity index (χ2n) is 11.8. The van der Waals surface area contributed by atoms with E-state index in [2.05, 4.69) is 27.8 Å². The van der Waals surface area contributed by atoms with E-state index in [1.54, 1.807) is 12.1 Å². The molecule has 1 aliphatic rings. The number of carboxylic acids is 2. The van der Waals surface area contributed by atoms with Crippen LogP contribution >= 0.6 is 0 Å². The van der Waals surface area contributed by atoms with Crippen molar-refractivity contribution in [3.8, 4) is 0 Å². The van der Waals surface area contributed by atoms with E-state index in [1.807, 2.05) is 0 Å². The molecule has 49 heavy (non-hydrogen) atoms. The van der Waals surface area contributed by atoms with Crippen LogP contribution in [0, 0.1) is 16.7 Å². The van der Waals surface area contributed by atoms with Crippen molar-refractivity contribution in [1.29, 1.82) is 10.8 Å². The van der Waals surface area contributed by atoms with E-state index in [0.29, 0.717) is 11.1 Å². The fourth-order valence-electron chi connectivity index (χ4n) is 5.34. The van der Waals surface area contributed by atoms with E-state index in [-0.39, 0.29) is 31.2 Å². The number of nitrogens with two attached hydrogens (primary N) is 2. The summed E-state index contributed by atoms with van der Waals surface area (Å²) in [5.74, 6) is -5.97. The van der Waals surface area contributed by atoms with Crippen molar-refractivity contribution in [3.63, 3.8) is 0 Å². The molecule has 0 heterocycles. The number of aliphatic carboxylic acids is 2. The molecule has 4 amide bonds. The maximum absolute atomic E-state index is 13.5. The Morgan fingerprint density at radius 3 is 1.98 bits per heavy atom. The second kappa shape index (κ2) is 20.0. The molecule has 17 nitrogen and oxygen atoms in total. The number of carbonyl (C=O) groups is 6. The lowest BCUT2D eigenvalue weighted by Gasteiger charge is -2.27. The summed E-state index contributed by atoms with van der Waals surface area (Å²) in [5.41, 5.74) is 12.0. The first-order valence-electron chi connectivity index (χ1n) is 15.9. The van der Waals surface area contributed by atoms with E-state index >= 15 is 0 Å². The molecule has 1 fully saturated rings. The van der Waals surface area contributed by atoms with Gasteiger partial charge in [0.05, 0.1) is 5.84 Å². The van der Waals surface area contributed by atoms with Gasteiger partial charge in [0.25, 0.3) is 0 Å². The molecule has 1 aromatic rings. The predicted molar refractivity (Wildman–Crippen MR) is 178 cm³/mol. The number of nitrogens with one attached hydrogen (secondary N) is 6. The van der Waals surface area contributed by atoms with Crippen LogP contribution in [0.2, 0.25) is 0 Å². The van der Waals surface area contributed by atoms with Gasteiger partial charge >= 0.3 is 18.0 Å². The Morgan fingerprint density at radius 1 is 0.857 bits per heavy atom. The Kier molecular flexibility index (Phi) is 16.2. The normalized spacial score (nSPS) is 15.3. The number of alkyl carbamates (subject to hydrolysis) is 1. The third kappa shape index (κ3) is 14.4. The Morgan fingerprint density at radius 2 is 1.43 bits per heavy atom. The van der Waals surface area contributed by atoms with Crippen LogP contribution in [0.15, 0.2) is 36.9 Å². The number of rotatable bonds is 20. The number of amidine groups is 2. The molecule has 0 saturated heterocycles. The molecule has 1 aromatic carbocycles. The van der Waals surface area contributed by atoms with Gasteiger partial charge in [0.1, 0.15) is 36.6 Å². The van der Waals surface area contributed by atoms with Crippen molar-refractivity contribution in [3.05, 3.63) is 48.0 Å². The summed E-state index contributed by atoms with van der Waals surface area (Å²) in [6.07, 6.45) is 3.50. The fraction of sp³-hybridized carbons (Fsp3) is 0.500. The van der Waals surface area contributed by atoms with Crippen LogP contribution in [0.3, 0.4) is 0 Å². The highest BCUT2D eigenvalue weighted by molar-refractivity contribution is 5.97. The molecule has 0 radical (unpaired) electrons. The highest BCUT2D eigenvalue weighted by atomic mass is 16.5. The van der Waals surface area contributed by atoms with Crippen LogP contribution in [0.1, 0.15) is 68.9 Å². The molecule has 0 aliphatic heterocycles. The topological polar surface area (TPSA) is 300 Å². The molecule has 0 spiro atoms. The number of amides is 4. The fourth-order valence-corrected chi connectivity index (χ4v) is 5.34. The molecule has 2 rings (SSSR count). The summed E-state index contributed by atoms with van der Waals surface area (Å²) < 4.78 is 4.94. The number of carboxylic acid groups (broad SMARTS) is 2. The van der Waals surface area contributed by atoms with Gasteiger partial charge in [-0.2, -0.15) is 0 Å². The van der Waals surface area contributed by atoms with Gasteiger partial charge in [-0.15, -0.1) is 0 Å². The van der Waals surface area contributed by atoms with Gasteiger partial charge in [-0.05, 0) is 24.3 Å². The van der Waals surface area contributed by atoms with E-state index in [9.17, 15) is 39.0 Å². The Balaban J connectivity index is 2.27. The van der Waals surface area contributed by atoms with Crippen molar-refractivity contribution in [2.24, 2.45) is 17.4 Å². The molecular formula is C32H46N8O9. The van der Waals surface area contributed by atoms with Gasteiger partial charge in [-0.25, -0.2) is 9.59 Å². The Hall–Kier alpha value is -5.48. The molecule has 0 aromatic heterocycles. The minimum absolute atomic E-state index is 0.0919. The van der Waals surface area contributed by atoms with Crippen molar-refractivity contribution >= 4 is 47.4 Å². The summed E-state index contributed by atoms with van der Waals surface area (Å²) in [7, 11) is 0. The smallest absolute Gasteiger partial charge is 0.408 e. The summed E-state index contributed by atoms with van der Waals surface area (Å²) in [6, 6.07) is 0.557. The highest BCUT2D eigenvalue weighted by Gasteiger charge is 2.33. The quantitative estimate of drug-likeness (QED) is 0.0511. The van der Waals surface area contributed by atoms with Gasteiger partial charge in [-0.3, -0.25) is 30.0 Å². The third-order valence-corrected chi connectivity index (χ3v) is 7.89. The Bertz CT molecular complexity index is 1380. The first-order valence-corrected chi connectivity index (χ1v) is 15.9. The lowest BCUT2D eigenvalue weighted by molar-refractivity contribution is -0.143. The first kappa shape index (κ1) is 39.7. The minimum atomic E-state index is -1.54. The van der Waals surface area contributed by atoms with Crippen molar-refractivity contribution < 1.29 is 43.7 Å². The average Bonchev–Trinajstić information content (AvgIpc) is 3.04. The molecular weight excluding hydrogens is 640 g/mol. The number of hydrogen-bond acceptors (Lipinski definition) is 9. The monoisotopic (exact) mass is 686 g/mol. The summed E-state index contributed by atoms with van der Waals surface area (Å²) in [4.78, 5) is 76.1. The van der Waals surface area contributed by atoms with Gasteiger partial charge in [0.15, 0.2) is 0 Å². The van der Waals surface area contributed by atoms with E-state index in [4.69, 9.17) is 27.0 Å². The van der Waals surface area contributed by atoms with E-state index in [0.717, 1.165) is 32.1 Å². The zero-order valence-corrected chi connectivity index (χ0v) is 27.2. The maximum Gasteiger partial charge on any atom is 0.408 e. The highest BCUT2D eigenvalue weighted by Crippen LogP contribution is 2.27. The van der Waals surface area contributed by atoms with Gasteiger partial charge in [0.2, 0.25) is 17.7 Å². The summed E-state index contributed by atoms with van der Waals surface area (Å²) in [6.45, 7) is 3.29. The lowest BCUT2D eigenvalue weighted by atomic mass is 9.84. The molecule has 0 unspecified atom stereocenters. The third-order valence-electron chi connectivity index (χ3n) is 7.89. The number of benzene rings is 1. The van der Waals surface area contributed by atoms with Crippen LogP contribution in [0.4, 0.5) is 4.79 Å². The van der Waals surface area contributed by atoms with Crippen LogP contribution in [0.25, 0.3) is 0 Å². The van der Waals surface area contributed by atoms with E-state index < -0.39 is 85.0 Å². The largest absolute Gasteiger partial charge is 0.481 e. The zero-order chi connectivity index (χ0) is 36.5. The van der Waals surface area contributed by atoms with Gasteiger partial charge < -0.3 is 47.7 Å². The molecule has 0 bridgehead atoms. The molecule has 4 atom stereocenters. The number of ether oxygens (including phenoxy) is 1. The number of hydrogen-bond donors (Lipinski definition) is 10. The van der Waals surface area contributed by atoms with Crippen LogP contribution in [-0.2, 0) is 35.1 Å². The van der Waals surface area contributed by atoms with Crippen LogP contribution in [0.5, 0.6) is 0 Å². The van der Waals surface area contributed by atoms with Gasteiger partial charge in [-0.1, -0.05) is 69.0 Å². The zero-order valence-electron chi connectivity index (χ0n) is 27.2. The minimum Gasteiger partial charge on any atom is -0.481 e. The standard InChI is InChI=1S/C32H46N8O9/c1-2-14-49-32(48)40-22(15-19-8-10-20(11-9-19)27(35)36)29(44)37-21(12-13-26(41)42)28(43)38-23(17-25(33)34)30(45)39-24(31(46)47)16-18-6-4-3-5-7-18/h2,8-11,18,21-24H,1,3-7,12-17H2,(H3,33,34)(H3,35,36)(H,37,44)(H,38,43)(H,39,45)(H,40,48)(H,41,42)(H,46,47)/t21-,22-,23-,24-/m0/s1. The molecule has 12 N–H and O–H groups in total. The maximum atomic E-state index is 13.5. The predicted octanol–water partition coefficient (Wildman–Crippen LogP) is 0.494. The van der Waals surface area contributed by atoms with Crippen LogP contribution in [-0.4, -0.2) is 88.4 Å². The molecule has 1 saturated carbocycles. The summed E-state index contributed by atoms with van der Waals surface area (Å²) >= 11 is 0. The second-order valence-corrected chi connectivity index (χ2v) is 11.8. The first-order chi connectivity index (χ1) is 23.2. The van der Waals surface area contributed by atoms with Gasteiger partial charge in [0, 0.05) is 24.8 Å². The van der Waals surface area contributed by atoms with Crippen LogP contribution < -0.4 is 32.7 Å². The summed E-state index contributed by atoms with van der Waals surface area (Å²) in [5, 5.41) is 44.0.